The van der Waals surface area contributed by atoms with Crippen molar-refractivity contribution >= 4 is 16.7 Å². The Bertz CT molecular complexity index is 823. The van der Waals surface area contributed by atoms with Crippen molar-refractivity contribution in [2.75, 3.05) is 18.0 Å². The van der Waals surface area contributed by atoms with Crippen LogP contribution >= 0.6 is 0 Å². The van der Waals surface area contributed by atoms with E-state index in [1.54, 1.807) is 6.20 Å². The van der Waals surface area contributed by atoms with Crippen LogP contribution in [0.3, 0.4) is 0 Å². The van der Waals surface area contributed by atoms with E-state index in [2.05, 4.69) is 39.1 Å². The molecule has 4 nitrogen and oxygen atoms in total. The predicted octanol–water partition coefficient (Wildman–Crippen LogP) is 3.99. The van der Waals surface area contributed by atoms with Crippen molar-refractivity contribution in [1.29, 1.82) is 0 Å². The average molecular weight is 304 g/mol. The summed E-state index contributed by atoms with van der Waals surface area (Å²) in [6.45, 7) is 4.16. The fourth-order valence-corrected chi connectivity index (χ4v) is 3.29. The van der Waals surface area contributed by atoms with Gasteiger partial charge in [0.05, 0.1) is 5.52 Å². The molecular formula is C19H20N4. The molecule has 3 aromatic rings. The Morgan fingerprint density at radius 1 is 0.957 bits per heavy atom. The quantitative estimate of drug-likeness (QED) is 0.718. The normalized spacial score (nSPS) is 15.1. The van der Waals surface area contributed by atoms with Crippen LogP contribution in [0.25, 0.3) is 22.0 Å². The fourth-order valence-electron chi connectivity index (χ4n) is 3.29. The Morgan fingerprint density at radius 3 is 2.61 bits per heavy atom. The Morgan fingerprint density at radius 2 is 1.83 bits per heavy atom. The molecule has 1 aromatic carbocycles. The number of piperidine rings is 1. The first-order valence-corrected chi connectivity index (χ1v) is 8.25. The summed E-state index contributed by atoms with van der Waals surface area (Å²) in [6, 6.07) is 10.5. The van der Waals surface area contributed by atoms with Crippen LogP contribution in [0.1, 0.15) is 25.1 Å². The third kappa shape index (κ3) is 2.77. The molecule has 116 valence electrons. The van der Waals surface area contributed by atoms with Gasteiger partial charge in [0.25, 0.3) is 0 Å². The van der Waals surface area contributed by atoms with Gasteiger partial charge < -0.3 is 4.90 Å². The van der Waals surface area contributed by atoms with Crippen LogP contribution in [0.4, 0.5) is 5.82 Å². The minimum absolute atomic E-state index is 0.835. The molecule has 0 N–H and O–H groups in total. The van der Waals surface area contributed by atoms with E-state index in [1.165, 1.54) is 19.3 Å². The lowest BCUT2D eigenvalue weighted by Gasteiger charge is -2.28. The lowest BCUT2D eigenvalue weighted by Crippen LogP contribution is -2.30. The molecule has 23 heavy (non-hydrogen) atoms. The summed E-state index contributed by atoms with van der Waals surface area (Å²) in [7, 11) is 0. The first-order chi connectivity index (χ1) is 11.3. The van der Waals surface area contributed by atoms with Gasteiger partial charge in [0.2, 0.25) is 0 Å². The summed E-state index contributed by atoms with van der Waals surface area (Å²) in [4.78, 5) is 16.0. The number of hydrogen-bond donors (Lipinski definition) is 0. The van der Waals surface area contributed by atoms with Crippen LogP contribution in [0, 0.1) is 6.92 Å². The lowest BCUT2D eigenvalue weighted by molar-refractivity contribution is 0.574. The number of rotatable bonds is 2. The zero-order chi connectivity index (χ0) is 15.6. The molecule has 0 bridgehead atoms. The Labute approximate surface area is 136 Å². The van der Waals surface area contributed by atoms with Gasteiger partial charge in [-0.15, -0.1) is 0 Å². The van der Waals surface area contributed by atoms with E-state index in [9.17, 15) is 0 Å². The minimum Gasteiger partial charge on any atom is -0.356 e. The molecule has 0 amide bonds. The summed E-state index contributed by atoms with van der Waals surface area (Å²) >= 11 is 0. The number of hydrogen-bond acceptors (Lipinski definition) is 4. The van der Waals surface area contributed by atoms with Gasteiger partial charge >= 0.3 is 0 Å². The number of nitrogens with zero attached hydrogens (tertiary/aromatic N) is 4. The molecule has 0 saturated carbocycles. The second-order valence-electron chi connectivity index (χ2n) is 6.12. The lowest BCUT2D eigenvalue weighted by atomic mass is 10.0. The van der Waals surface area contributed by atoms with Gasteiger partial charge in [-0.05, 0) is 49.9 Å². The van der Waals surface area contributed by atoms with Crippen molar-refractivity contribution in [3.63, 3.8) is 0 Å². The third-order valence-corrected chi connectivity index (χ3v) is 4.44. The molecule has 0 radical (unpaired) electrons. The Balaban J connectivity index is 1.83. The van der Waals surface area contributed by atoms with E-state index < -0.39 is 0 Å². The molecule has 0 atom stereocenters. The van der Waals surface area contributed by atoms with Gasteiger partial charge in [-0.3, -0.25) is 4.98 Å². The molecule has 4 heteroatoms. The highest BCUT2D eigenvalue weighted by molar-refractivity contribution is 5.92. The summed E-state index contributed by atoms with van der Waals surface area (Å²) in [5.74, 6) is 1.92. The van der Waals surface area contributed by atoms with Gasteiger partial charge in [-0.25, -0.2) is 9.97 Å². The zero-order valence-corrected chi connectivity index (χ0v) is 13.4. The summed E-state index contributed by atoms with van der Waals surface area (Å²) in [5, 5.41) is 1.14. The average Bonchev–Trinajstić information content (AvgIpc) is 2.62. The molecule has 1 aliphatic rings. The number of fused-ring (bicyclic) bond motifs is 1. The molecule has 0 spiro atoms. The number of aromatic nitrogens is 3. The number of pyridine rings is 1. The standard InChI is InChI=1S/C19H20N4/c1-14-21-18-12-15(16-6-5-9-20-13-16)7-8-17(18)19(22-14)23-10-3-2-4-11-23/h5-9,12-13H,2-4,10-11H2,1H3. The molecular weight excluding hydrogens is 284 g/mol. The maximum atomic E-state index is 4.73. The first kappa shape index (κ1) is 14.1. The summed E-state index contributed by atoms with van der Waals surface area (Å²) in [6.07, 6.45) is 7.51. The Hall–Kier alpha value is -2.49. The van der Waals surface area contributed by atoms with E-state index in [4.69, 9.17) is 4.98 Å². The van der Waals surface area contributed by atoms with Crippen LogP contribution in [-0.4, -0.2) is 28.0 Å². The van der Waals surface area contributed by atoms with E-state index in [1.807, 2.05) is 19.2 Å². The topological polar surface area (TPSA) is 41.9 Å². The molecule has 0 unspecified atom stereocenters. The van der Waals surface area contributed by atoms with E-state index in [0.717, 1.165) is 46.8 Å². The summed E-state index contributed by atoms with van der Waals surface area (Å²) < 4.78 is 0. The third-order valence-electron chi connectivity index (χ3n) is 4.44. The van der Waals surface area contributed by atoms with Gasteiger partial charge in [-0.2, -0.15) is 0 Å². The number of benzene rings is 1. The molecule has 1 fully saturated rings. The van der Waals surface area contributed by atoms with Crippen molar-refractivity contribution in [2.24, 2.45) is 0 Å². The van der Waals surface area contributed by atoms with Gasteiger partial charge in [-0.1, -0.05) is 12.1 Å². The number of aryl methyl sites for hydroxylation is 1. The monoisotopic (exact) mass is 304 g/mol. The molecule has 2 aromatic heterocycles. The highest BCUT2D eigenvalue weighted by atomic mass is 15.2. The van der Waals surface area contributed by atoms with Crippen molar-refractivity contribution in [3.05, 3.63) is 48.5 Å². The molecule has 1 aliphatic heterocycles. The van der Waals surface area contributed by atoms with Crippen LogP contribution in [0.15, 0.2) is 42.7 Å². The minimum atomic E-state index is 0.835. The van der Waals surface area contributed by atoms with Gasteiger partial charge in [0.1, 0.15) is 11.6 Å². The molecule has 4 rings (SSSR count). The highest BCUT2D eigenvalue weighted by Gasteiger charge is 2.16. The predicted molar refractivity (Wildman–Crippen MR) is 93.6 cm³/mol. The number of anilines is 1. The SMILES string of the molecule is Cc1nc(N2CCCCC2)c2ccc(-c3cccnc3)cc2n1. The Kier molecular flexibility index (Phi) is 3.66. The van der Waals surface area contributed by atoms with E-state index >= 15 is 0 Å². The smallest absolute Gasteiger partial charge is 0.140 e. The van der Waals surface area contributed by atoms with Crippen LogP contribution in [0.2, 0.25) is 0 Å². The van der Waals surface area contributed by atoms with Gasteiger partial charge in [0, 0.05) is 36.4 Å². The highest BCUT2D eigenvalue weighted by Crippen LogP contribution is 2.29. The molecule has 0 aliphatic carbocycles. The van der Waals surface area contributed by atoms with Crippen LogP contribution in [0.5, 0.6) is 0 Å². The fraction of sp³-hybridized carbons (Fsp3) is 0.316. The van der Waals surface area contributed by atoms with E-state index in [-0.39, 0.29) is 0 Å². The maximum absolute atomic E-state index is 4.73. The largest absolute Gasteiger partial charge is 0.356 e. The van der Waals surface area contributed by atoms with Crippen molar-refractivity contribution in [1.82, 2.24) is 15.0 Å². The maximum Gasteiger partial charge on any atom is 0.140 e. The summed E-state index contributed by atoms with van der Waals surface area (Å²) in [5.41, 5.74) is 3.28. The second kappa shape index (κ2) is 5.95. The molecule has 3 heterocycles. The van der Waals surface area contributed by atoms with E-state index in [0.29, 0.717) is 0 Å². The first-order valence-electron chi connectivity index (χ1n) is 8.25. The van der Waals surface area contributed by atoms with Gasteiger partial charge in [0.15, 0.2) is 0 Å². The van der Waals surface area contributed by atoms with Crippen molar-refractivity contribution < 1.29 is 0 Å². The molecule has 1 saturated heterocycles. The second-order valence-corrected chi connectivity index (χ2v) is 6.12. The zero-order valence-electron chi connectivity index (χ0n) is 13.4. The van der Waals surface area contributed by atoms with Crippen LogP contribution < -0.4 is 4.90 Å². The van der Waals surface area contributed by atoms with Crippen molar-refractivity contribution in [2.45, 2.75) is 26.2 Å². The van der Waals surface area contributed by atoms with Crippen LogP contribution in [-0.2, 0) is 0 Å². The van der Waals surface area contributed by atoms with Crippen molar-refractivity contribution in [3.8, 4) is 11.1 Å².